The maximum atomic E-state index is 12.0. The fourth-order valence-electron chi connectivity index (χ4n) is 1.80. The number of fused-ring (bicyclic) bond motifs is 2. The summed E-state index contributed by atoms with van der Waals surface area (Å²) in [7, 11) is 0. The molecule has 0 saturated carbocycles. The van der Waals surface area contributed by atoms with Crippen molar-refractivity contribution in [3.8, 4) is 0 Å². The van der Waals surface area contributed by atoms with Gasteiger partial charge in [-0.25, -0.2) is 4.79 Å². The number of benzene rings is 1. The van der Waals surface area contributed by atoms with Crippen LogP contribution in [0.4, 0.5) is 0 Å². The van der Waals surface area contributed by atoms with Crippen LogP contribution in [0.25, 0.3) is 23.1 Å². The Morgan fingerprint density at radius 1 is 1.20 bits per heavy atom. The van der Waals surface area contributed by atoms with E-state index in [0.717, 1.165) is 10.9 Å². The van der Waals surface area contributed by atoms with Gasteiger partial charge in [0.15, 0.2) is 0 Å². The van der Waals surface area contributed by atoms with Crippen LogP contribution in [0.15, 0.2) is 41.2 Å². The fourth-order valence-corrected chi connectivity index (χ4v) is 1.80. The van der Waals surface area contributed by atoms with E-state index in [1.54, 1.807) is 6.08 Å². The molecule has 1 aromatic heterocycles. The molecule has 1 aliphatic rings. The lowest BCUT2D eigenvalue weighted by molar-refractivity contribution is 1.26. The van der Waals surface area contributed by atoms with Crippen LogP contribution in [0.2, 0.25) is 0 Å². The summed E-state index contributed by atoms with van der Waals surface area (Å²) < 4.78 is 0. The van der Waals surface area contributed by atoms with Gasteiger partial charge < -0.3 is 4.98 Å². The van der Waals surface area contributed by atoms with Gasteiger partial charge in [-0.3, -0.25) is 0 Å². The predicted molar refractivity (Wildman–Crippen MR) is 60.8 cm³/mol. The van der Waals surface area contributed by atoms with Crippen molar-refractivity contribution in [1.82, 2.24) is 4.98 Å². The zero-order chi connectivity index (χ0) is 10.3. The molecule has 1 aromatic carbocycles. The monoisotopic (exact) mass is 194 g/mol. The van der Waals surface area contributed by atoms with Crippen molar-refractivity contribution >= 4 is 23.1 Å². The van der Waals surface area contributed by atoms with Crippen LogP contribution < -0.4 is 16.0 Å². The van der Waals surface area contributed by atoms with E-state index in [0.29, 0.717) is 10.6 Å². The SMILES string of the molecule is O=c1c2c([nH]c3ccccc13)=CC=C[C+]=2. The number of H-pyrrole nitrogens is 1. The zero-order valence-corrected chi connectivity index (χ0v) is 7.95. The second-order valence-corrected chi connectivity index (χ2v) is 3.46. The normalized spacial score (nSPS) is 12.5. The molecule has 0 amide bonds. The van der Waals surface area contributed by atoms with Crippen molar-refractivity contribution in [3.05, 3.63) is 57.2 Å². The highest BCUT2D eigenvalue weighted by atomic mass is 16.1. The molecule has 0 spiro atoms. The van der Waals surface area contributed by atoms with E-state index in [4.69, 9.17) is 0 Å². The minimum atomic E-state index is 0.0416. The number of pyridine rings is 1. The van der Waals surface area contributed by atoms with Gasteiger partial charge in [0.25, 0.3) is 5.43 Å². The van der Waals surface area contributed by atoms with Crippen LogP contribution in [-0.2, 0) is 0 Å². The smallest absolute Gasteiger partial charge is 0.287 e. The molecule has 0 atom stereocenters. The highest BCUT2D eigenvalue weighted by molar-refractivity contribution is 5.78. The number of allylic oxidation sites excluding steroid dienone is 2. The first kappa shape index (κ1) is 8.16. The molecular weight excluding hydrogens is 186 g/mol. The molecule has 0 fully saturated rings. The number of hydrogen-bond donors (Lipinski definition) is 1. The third kappa shape index (κ3) is 1.13. The van der Waals surface area contributed by atoms with Gasteiger partial charge in [0, 0.05) is 18.2 Å². The second-order valence-electron chi connectivity index (χ2n) is 3.46. The topological polar surface area (TPSA) is 32.9 Å². The summed E-state index contributed by atoms with van der Waals surface area (Å²) in [5, 5.41) is 2.17. The summed E-state index contributed by atoms with van der Waals surface area (Å²) >= 11 is 0. The summed E-state index contributed by atoms with van der Waals surface area (Å²) in [4.78, 5) is 15.3. The van der Waals surface area contributed by atoms with Gasteiger partial charge in [-0.1, -0.05) is 12.1 Å². The van der Waals surface area contributed by atoms with E-state index in [-0.39, 0.29) is 5.43 Å². The summed E-state index contributed by atoms with van der Waals surface area (Å²) in [6.45, 7) is 0. The van der Waals surface area contributed by atoms with Crippen LogP contribution in [0, 0.1) is 0 Å². The Labute approximate surface area is 85.9 Å². The number of aromatic nitrogens is 1. The number of hydrogen-bond acceptors (Lipinski definition) is 1. The van der Waals surface area contributed by atoms with Crippen molar-refractivity contribution in [2.24, 2.45) is 0 Å². The van der Waals surface area contributed by atoms with Gasteiger partial charge in [0.1, 0.15) is 5.35 Å². The number of nitrogens with one attached hydrogen (secondary N) is 1. The van der Waals surface area contributed by atoms with E-state index in [2.05, 4.69) is 11.1 Å². The zero-order valence-electron chi connectivity index (χ0n) is 7.95. The predicted octanol–water partition coefficient (Wildman–Crippen LogP) is 0.536. The van der Waals surface area contributed by atoms with E-state index in [1.165, 1.54) is 0 Å². The van der Waals surface area contributed by atoms with Gasteiger partial charge in [-0.15, -0.1) is 0 Å². The van der Waals surface area contributed by atoms with Gasteiger partial charge in [0.05, 0.1) is 17.0 Å². The molecule has 2 heteroatoms. The van der Waals surface area contributed by atoms with Crippen LogP contribution in [-0.4, -0.2) is 4.98 Å². The third-order valence-electron chi connectivity index (χ3n) is 2.52. The molecule has 3 rings (SSSR count). The van der Waals surface area contributed by atoms with Crippen molar-refractivity contribution in [2.75, 3.05) is 0 Å². The maximum absolute atomic E-state index is 12.0. The molecule has 1 aliphatic carbocycles. The van der Waals surface area contributed by atoms with E-state index >= 15 is 0 Å². The van der Waals surface area contributed by atoms with Gasteiger partial charge in [-0.2, -0.15) is 0 Å². The highest BCUT2D eigenvalue weighted by Gasteiger charge is 2.08. The summed E-state index contributed by atoms with van der Waals surface area (Å²) in [6.07, 6.45) is 8.48. The first-order chi connectivity index (χ1) is 7.36. The second kappa shape index (κ2) is 2.91. The molecule has 70 valence electrons. The average Bonchev–Trinajstić information content (AvgIpc) is 2.30. The first-order valence-electron chi connectivity index (χ1n) is 4.78. The molecule has 1 N–H and O–H groups in total. The highest BCUT2D eigenvalue weighted by Crippen LogP contribution is 2.01. The summed E-state index contributed by atoms with van der Waals surface area (Å²) in [6, 6.07) is 7.51. The average molecular weight is 194 g/mol. The molecule has 2 nitrogen and oxygen atoms in total. The quantitative estimate of drug-likeness (QED) is 0.610. The molecule has 1 heterocycles. The molecule has 15 heavy (non-hydrogen) atoms. The molecule has 0 radical (unpaired) electrons. The van der Waals surface area contributed by atoms with E-state index < -0.39 is 0 Å². The van der Waals surface area contributed by atoms with Crippen molar-refractivity contribution in [2.45, 2.75) is 0 Å². The summed E-state index contributed by atoms with van der Waals surface area (Å²) in [5.74, 6) is 0. The van der Waals surface area contributed by atoms with Crippen molar-refractivity contribution < 1.29 is 0 Å². The van der Waals surface area contributed by atoms with Gasteiger partial charge in [-0.05, 0) is 12.1 Å². The minimum absolute atomic E-state index is 0.0416. The number of para-hydroxylation sites is 1. The summed E-state index contributed by atoms with van der Waals surface area (Å²) in [5.41, 5.74) is 0.912. The lowest BCUT2D eigenvalue weighted by Crippen LogP contribution is -2.41. The van der Waals surface area contributed by atoms with Crippen LogP contribution in [0.1, 0.15) is 0 Å². The van der Waals surface area contributed by atoms with Crippen LogP contribution in [0.5, 0.6) is 0 Å². The lowest BCUT2D eigenvalue weighted by Gasteiger charge is -1.93. The Kier molecular flexibility index (Phi) is 1.58. The lowest BCUT2D eigenvalue weighted by atomic mass is 10.1. The largest absolute Gasteiger partial charge is 0.312 e. The molecular formula is C13H8NO+. The minimum Gasteiger partial charge on any atom is -0.312 e. The number of aromatic amines is 1. The Morgan fingerprint density at radius 2 is 2.07 bits per heavy atom. The fraction of sp³-hybridized carbons (Fsp3) is 0. The molecule has 0 bridgehead atoms. The maximum Gasteiger partial charge on any atom is 0.287 e. The first-order valence-corrected chi connectivity index (χ1v) is 4.78. The van der Waals surface area contributed by atoms with E-state index in [1.807, 2.05) is 36.4 Å². The standard InChI is InChI=1S/C13H7NO/c15-13-9-5-1-3-7-11(9)14-12-8-4-2-6-10(12)13/h1-5,7-8H/p+1. The van der Waals surface area contributed by atoms with Crippen LogP contribution in [0.3, 0.4) is 0 Å². The van der Waals surface area contributed by atoms with Crippen molar-refractivity contribution in [1.29, 1.82) is 0 Å². The molecule has 0 unspecified atom stereocenters. The van der Waals surface area contributed by atoms with Gasteiger partial charge >= 0.3 is 0 Å². The Hall–Kier alpha value is -2.18. The molecule has 0 aliphatic heterocycles. The Balaban J connectivity index is 2.69. The molecule has 0 saturated heterocycles. The van der Waals surface area contributed by atoms with Crippen molar-refractivity contribution in [3.63, 3.8) is 0 Å². The molecule has 2 aromatic rings. The number of rotatable bonds is 0. The van der Waals surface area contributed by atoms with E-state index in [9.17, 15) is 4.79 Å². The Morgan fingerprint density at radius 3 is 3.00 bits per heavy atom. The van der Waals surface area contributed by atoms with Crippen LogP contribution >= 0.6 is 0 Å². The third-order valence-corrected chi connectivity index (χ3v) is 2.52. The van der Waals surface area contributed by atoms with Gasteiger partial charge in [0.2, 0.25) is 5.22 Å². The Bertz CT molecular complexity index is 735.